The molecule has 0 N–H and O–H groups in total. The highest BCUT2D eigenvalue weighted by molar-refractivity contribution is 6.16. The Balaban J connectivity index is 1.95. The summed E-state index contributed by atoms with van der Waals surface area (Å²) < 4.78 is 7.12. The van der Waals surface area contributed by atoms with Crippen molar-refractivity contribution in [2.24, 2.45) is 5.92 Å². The van der Waals surface area contributed by atoms with E-state index in [0.717, 1.165) is 30.3 Å². The minimum atomic E-state index is 0.433. The topological polar surface area (TPSA) is 39.9 Å². The quantitative estimate of drug-likeness (QED) is 0.705. The molecule has 0 unspecified atom stereocenters. The van der Waals surface area contributed by atoms with Crippen LogP contribution >= 0.6 is 11.6 Å². The SMILES string of the molecule is COCCc1c(CCl)nnn1CCC1CCC1. The zero-order valence-corrected chi connectivity index (χ0v) is 11.1. The Morgan fingerprint density at radius 1 is 1.47 bits per heavy atom. The summed E-state index contributed by atoms with van der Waals surface area (Å²) in [5.41, 5.74) is 2.04. The lowest BCUT2D eigenvalue weighted by Crippen LogP contribution is -2.16. The molecular formula is C12H20ClN3O. The number of nitrogens with zero attached hydrogens (tertiary/aromatic N) is 3. The third kappa shape index (κ3) is 3.19. The van der Waals surface area contributed by atoms with E-state index in [0.29, 0.717) is 12.5 Å². The van der Waals surface area contributed by atoms with Gasteiger partial charge >= 0.3 is 0 Å². The van der Waals surface area contributed by atoms with Gasteiger partial charge in [-0.15, -0.1) is 16.7 Å². The minimum absolute atomic E-state index is 0.433. The highest BCUT2D eigenvalue weighted by atomic mass is 35.5. The molecule has 4 nitrogen and oxygen atoms in total. The van der Waals surface area contributed by atoms with Crippen molar-refractivity contribution in [3.8, 4) is 0 Å². The molecule has 0 radical (unpaired) electrons. The van der Waals surface area contributed by atoms with Gasteiger partial charge in [-0.05, 0) is 12.3 Å². The van der Waals surface area contributed by atoms with Gasteiger partial charge in [-0.25, -0.2) is 4.68 Å². The molecule has 2 rings (SSSR count). The van der Waals surface area contributed by atoms with Crippen LogP contribution in [0, 0.1) is 5.92 Å². The Morgan fingerprint density at radius 3 is 2.88 bits per heavy atom. The summed E-state index contributed by atoms with van der Waals surface area (Å²) in [5, 5.41) is 8.33. The molecule has 1 aliphatic carbocycles. The van der Waals surface area contributed by atoms with Crippen molar-refractivity contribution in [1.82, 2.24) is 15.0 Å². The zero-order chi connectivity index (χ0) is 12.1. The fraction of sp³-hybridized carbons (Fsp3) is 0.833. The van der Waals surface area contributed by atoms with Crippen molar-refractivity contribution in [3.63, 3.8) is 0 Å². The second-order valence-corrected chi connectivity index (χ2v) is 4.94. The molecule has 1 aromatic rings. The highest BCUT2D eigenvalue weighted by Gasteiger charge is 2.18. The van der Waals surface area contributed by atoms with Crippen LogP contribution in [-0.2, 0) is 23.6 Å². The fourth-order valence-corrected chi connectivity index (χ4v) is 2.42. The number of hydrogen-bond donors (Lipinski definition) is 0. The normalized spacial score (nSPS) is 16.1. The Labute approximate surface area is 107 Å². The van der Waals surface area contributed by atoms with E-state index in [2.05, 4.69) is 10.3 Å². The number of alkyl halides is 1. The van der Waals surface area contributed by atoms with E-state index in [1.165, 1.54) is 25.7 Å². The van der Waals surface area contributed by atoms with Crippen molar-refractivity contribution < 1.29 is 4.74 Å². The van der Waals surface area contributed by atoms with Gasteiger partial charge in [0.1, 0.15) is 5.69 Å². The predicted molar refractivity (Wildman–Crippen MR) is 67.1 cm³/mol. The lowest BCUT2D eigenvalue weighted by molar-refractivity contribution is 0.199. The van der Waals surface area contributed by atoms with Gasteiger partial charge in [-0.1, -0.05) is 24.5 Å². The number of rotatable bonds is 7. The van der Waals surface area contributed by atoms with E-state index in [1.54, 1.807) is 7.11 Å². The number of aryl methyl sites for hydroxylation is 1. The van der Waals surface area contributed by atoms with Crippen molar-refractivity contribution in [2.45, 2.75) is 44.5 Å². The maximum Gasteiger partial charge on any atom is 0.101 e. The Morgan fingerprint density at radius 2 is 2.29 bits per heavy atom. The summed E-state index contributed by atoms with van der Waals surface area (Å²) in [6, 6.07) is 0. The van der Waals surface area contributed by atoms with Crippen molar-refractivity contribution in [2.75, 3.05) is 13.7 Å². The molecule has 17 heavy (non-hydrogen) atoms. The second kappa shape index (κ2) is 6.36. The number of aromatic nitrogens is 3. The molecule has 1 aliphatic rings. The maximum absolute atomic E-state index is 5.87. The van der Waals surface area contributed by atoms with Gasteiger partial charge in [-0.3, -0.25) is 0 Å². The van der Waals surface area contributed by atoms with Crippen LogP contribution in [0.5, 0.6) is 0 Å². The van der Waals surface area contributed by atoms with Crippen molar-refractivity contribution in [3.05, 3.63) is 11.4 Å². The standard InChI is InChI=1S/C12H20ClN3O/c1-17-8-6-12-11(9-13)14-15-16(12)7-5-10-3-2-4-10/h10H,2-9H2,1H3. The first-order valence-corrected chi connectivity index (χ1v) is 6.84. The molecule has 0 aliphatic heterocycles. The molecule has 1 aromatic heterocycles. The molecule has 0 bridgehead atoms. The molecule has 96 valence electrons. The van der Waals surface area contributed by atoms with Gasteiger partial charge in [0.15, 0.2) is 0 Å². The largest absolute Gasteiger partial charge is 0.384 e. The van der Waals surface area contributed by atoms with Gasteiger partial charge in [0.2, 0.25) is 0 Å². The van der Waals surface area contributed by atoms with Crippen LogP contribution in [0.4, 0.5) is 0 Å². The molecule has 1 heterocycles. The second-order valence-electron chi connectivity index (χ2n) is 4.67. The Hall–Kier alpha value is -0.610. The van der Waals surface area contributed by atoms with E-state index in [4.69, 9.17) is 16.3 Å². The van der Waals surface area contributed by atoms with E-state index in [1.807, 2.05) is 4.68 Å². The van der Waals surface area contributed by atoms with Gasteiger partial charge < -0.3 is 4.74 Å². The zero-order valence-electron chi connectivity index (χ0n) is 10.4. The van der Waals surface area contributed by atoms with Crippen LogP contribution < -0.4 is 0 Å². The highest BCUT2D eigenvalue weighted by Crippen LogP contribution is 2.29. The van der Waals surface area contributed by atoms with Crippen LogP contribution in [0.15, 0.2) is 0 Å². The third-order valence-corrected chi connectivity index (χ3v) is 3.81. The minimum Gasteiger partial charge on any atom is -0.384 e. The van der Waals surface area contributed by atoms with E-state index in [-0.39, 0.29) is 0 Å². The first-order valence-electron chi connectivity index (χ1n) is 6.31. The molecule has 1 fully saturated rings. The lowest BCUT2D eigenvalue weighted by Gasteiger charge is -2.25. The smallest absolute Gasteiger partial charge is 0.101 e. The average Bonchev–Trinajstić information content (AvgIpc) is 2.66. The lowest BCUT2D eigenvalue weighted by atomic mass is 9.83. The monoisotopic (exact) mass is 257 g/mol. The molecular weight excluding hydrogens is 238 g/mol. The summed E-state index contributed by atoms with van der Waals surface area (Å²) >= 11 is 5.87. The Kier molecular flexibility index (Phi) is 4.80. The van der Waals surface area contributed by atoms with E-state index >= 15 is 0 Å². The molecule has 0 spiro atoms. The van der Waals surface area contributed by atoms with Gasteiger partial charge in [0.05, 0.1) is 18.2 Å². The number of halogens is 1. The van der Waals surface area contributed by atoms with Crippen LogP contribution in [-0.4, -0.2) is 28.7 Å². The van der Waals surface area contributed by atoms with Gasteiger partial charge in [-0.2, -0.15) is 0 Å². The third-order valence-electron chi connectivity index (χ3n) is 3.56. The Bertz CT molecular complexity index is 350. The summed E-state index contributed by atoms with van der Waals surface area (Å²) in [5.74, 6) is 1.33. The molecule has 5 heteroatoms. The van der Waals surface area contributed by atoms with E-state index < -0.39 is 0 Å². The van der Waals surface area contributed by atoms with Gasteiger partial charge in [0, 0.05) is 20.1 Å². The van der Waals surface area contributed by atoms with Crippen LogP contribution in [0.3, 0.4) is 0 Å². The molecule has 0 atom stereocenters. The summed E-state index contributed by atoms with van der Waals surface area (Å²) in [7, 11) is 1.71. The summed E-state index contributed by atoms with van der Waals surface area (Å²) in [4.78, 5) is 0. The van der Waals surface area contributed by atoms with Gasteiger partial charge in [0.25, 0.3) is 0 Å². The van der Waals surface area contributed by atoms with Crippen LogP contribution in [0.25, 0.3) is 0 Å². The predicted octanol–water partition coefficient (Wildman–Crippen LogP) is 2.40. The molecule has 0 saturated heterocycles. The summed E-state index contributed by atoms with van der Waals surface area (Å²) in [6.45, 7) is 1.66. The maximum atomic E-state index is 5.87. The van der Waals surface area contributed by atoms with Crippen LogP contribution in [0.2, 0.25) is 0 Å². The van der Waals surface area contributed by atoms with Crippen LogP contribution in [0.1, 0.15) is 37.1 Å². The molecule has 0 aromatic carbocycles. The number of ether oxygens (including phenoxy) is 1. The van der Waals surface area contributed by atoms with E-state index in [9.17, 15) is 0 Å². The average molecular weight is 258 g/mol. The first kappa shape index (κ1) is 12.8. The summed E-state index contributed by atoms with van der Waals surface area (Å²) in [6.07, 6.45) is 6.21. The molecule has 1 saturated carbocycles. The number of hydrogen-bond acceptors (Lipinski definition) is 3. The molecule has 0 amide bonds. The number of methoxy groups -OCH3 is 1. The van der Waals surface area contributed by atoms with Crippen molar-refractivity contribution in [1.29, 1.82) is 0 Å². The van der Waals surface area contributed by atoms with Crippen molar-refractivity contribution >= 4 is 11.6 Å². The first-order chi connectivity index (χ1) is 8.35. The fourth-order valence-electron chi connectivity index (χ4n) is 2.21.